The smallest absolute Gasteiger partial charge is 0.324 e. The Labute approximate surface area is 422 Å². The summed E-state index contributed by atoms with van der Waals surface area (Å²) in [6, 6.07) is 20.2. The van der Waals surface area contributed by atoms with Crippen molar-refractivity contribution in [2.75, 3.05) is 40.9 Å². The van der Waals surface area contributed by atoms with Crippen LogP contribution in [0.2, 0.25) is 0 Å². The van der Waals surface area contributed by atoms with Crippen LogP contribution in [-0.2, 0) is 66.0 Å². The zero-order valence-corrected chi connectivity index (χ0v) is 42.9. The number of amides is 4. The highest BCUT2D eigenvalue weighted by atomic mass is 16.5. The molecule has 2 aromatic heterocycles. The van der Waals surface area contributed by atoms with E-state index in [9.17, 15) is 29.1 Å². The number of pyridine rings is 1. The summed E-state index contributed by atoms with van der Waals surface area (Å²) in [5.74, 6) is -2.59. The summed E-state index contributed by atoms with van der Waals surface area (Å²) < 4.78 is 14.0. The van der Waals surface area contributed by atoms with Gasteiger partial charge in [0.05, 0.1) is 31.0 Å². The number of ether oxygens (including phenoxy) is 2. The third-order valence-corrected chi connectivity index (χ3v) is 14.4. The molecular formula is C56H70N8O8. The van der Waals surface area contributed by atoms with Crippen molar-refractivity contribution in [1.29, 1.82) is 0 Å². The number of aryl methyl sites for hydroxylation is 1. The van der Waals surface area contributed by atoms with Gasteiger partial charge in [0.2, 0.25) is 17.7 Å². The second-order valence-electron chi connectivity index (χ2n) is 21.0. The number of hydrazine groups is 1. The van der Waals surface area contributed by atoms with E-state index in [2.05, 4.69) is 58.5 Å². The Bertz CT molecular complexity index is 2820. The number of hydrogen-bond acceptors (Lipinski definition) is 11. The Kier molecular flexibility index (Phi) is 15.5. The normalized spacial score (nSPS) is 19.0. The van der Waals surface area contributed by atoms with Gasteiger partial charge in [0.1, 0.15) is 23.9 Å². The lowest BCUT2D eigenvalue weighted by molar-refractivity contribution is -0.155. The third-order valence-electron chi connectivity index (χ3n) is 14.4. The zero-order valence-electron chi connectivity index (χ0n) is 42.9. The van der Waals surface area contributed by atoms with Gasteiger partial charge in [-0.05, 0) is 109 Å². The summed E-state index contributed by atoms with van der Waals surface area (Å²) in [5, 5.41) is 20.1. The van der Waals surface area contributed by atoms with Gasteiger partial charge in [-0.15, -0.1) is 0 Å². The fraction of sp³-hybridized carbons (Fsp3) is 0.464. The third kappa shape index (κ3) is 11.2. The van der Waals surface area contributed by atoms with Crippen LogP contribution in [0.3, 0.4) is 0 Å². The lowest BCUT2D eigenvalue weighted by Crippen LogP contribution is -2.62. The molecule has 3 aromatic carbocycles. The van der Waals surface area contributed by atoms with Gasteiger partial charge in [-0.1, -0.05) is 70.2 Å². The molecule has 1 saturated carbocycles. The number of likely N-dealkylation sites (N-methyl/N-ethyl adjacent to an activating group) is 2. The number of esters is 1. The number of phenolic OH excluding ortho intramolecular Hbond substituents is 1. The molecule has 2 fully saturated rings. The van der Waals surface area contributed by atoms with Gasteiger partial charge in [0, 0.05) is 81.5 Å². The quantitative estimate of drug-likeness (QED) is 0.0935. The first-order valence-electron chi connectivity index (χ1n) is 25.2. The fourth-order valence-electron chi connectivity index (χ4n) is 10.5. The lowest BCUT2D eigenvalue weighted by Gasteiger charge is -2.37. The van der Waals surface area contributed by atoms with E-state index in [1.54, 1.807) is 32.5 Å². The highest BCUT2D eigenvalue weighted by Gasteiger charge is 2.51. The van der Waals surface area contributed by atoms with E-state index in [1.807, 2.05) is 68.6 Å². The van der Waals surface area contributed by atoms with Crippen molar-refractivity contribution in [3.8, 4) is 28.1 Å². The molecule has 0 spiro atoms. The van der Waals surface area contributed by atoms with Crippen molar-refractivity contribution in [2.24, 2.45) is 11.3 Å². The van der Waals surface area contributed by atoms with Crippen LogP contribution in [0.5, 0.6) is 5.75 Å². The number of rotatable bonds is 14. The minimum atomic E-state index is -1.19. The van der Waals surface area contributed by atoms with E-state index in [0.717, 1.165) is 44.4 Å². The van der Waals surface area contributed by atoms with Gasteiger partial charge in [-0.2, -0.15) is 0 Å². The second kappa shape index (κ2) is 21.6. The first-order valence-corrected chi connectivity index (χ1v) is 25.2. The molecule has 72 heavy (non-hydrogen) atoms. The Balaban J connectivity index is 1.11. The number of hydrogen-bond donors (Lipinski definition) is 4. The molecule has 1 aliphatic carbocycles. The predicted octanol–water partition coefficient (Wildman–Crippen LogP) is 6.15. The highest BCUT2D eigenvalue weighted by Crippen LogP contribution is 2.42. The molecule has 0 radical (unpaired) electrons. The van der Waals surface area contributed by atoms with Crippen LogP contribution in [0.25, 0.3) is 33.3 Å². The van der Waals surface area contributed by atoms with Gasteiger partial charge in [0.15, 0.2) is 0 Å². The minimum absolute atomic E-state index is 0.0199. The van der Waals surface area contributed by atoms with Crippen molar-refractivity contribution < 1.29 is 38.6 Å². The SMILES string of the molecule is CCn1c(-c2cnccc2COC)c2c3cc(ccc31)-c1cc(O)cc(c1)C[C@H](NC(=O)[C@H](C(C)C)N(C)C(=O)CN(C)C(=O)C1(NCc3ccccc3)CC1)C(=O)N1CCC[C@H](N1)C(=O)OCC(C)(C)C2. The summed E-state index contributed by atoms with van der Waals surface area (Å²) in [5.41, 5.74) is 9.97. The summed E-state index contributed by atoms with van der Waals surface area (Å²) in [6.45, 7) is 11.6. The molecule has 16 heteroatoms. The summed E-state index contributed by atoms with van der Waals surface area (Å²) >= 11 is 0. The molecule has 16 nitrogen and oxygen atoms in total. The number of carbonyl (C=O) groups excluding carboxylic acids is 5. The topological polar surface area (TPSA) is 188 Å². The molecule has 4 N–H and O–H groups in total. The number of aromatic hydroxyl groups is 1. The molecule has 3 atom stereocenters. The number of benzene rings is 3. The maximum atomic E-state index is 14.8. The molecule has 3 aliphatic rings. The van der Waals surface area contributed by atoms with Crippen LogP contribution < -0.4 is 16.1 Å². The molecule has 382 valence electrons. The van der Waals surface area contributed by atoms with Crippen molar-refractivity contribution in [1.82, 2.24) is 40.4 Å². The number of nitrogens with zero attached hydrogens (tertiary/aromatic N) is 5. The number of cyclic esters (lactones) is 1. The molecule has 6 bridgehead atoms. The number of fused-ring (bicyclic) bond motifs is 6. The summed E-state index contributed by atoms with van der Waals surface area (Å²) in [7, 11) is 4.81. The fourth-order valence-corrected chi connectivity index (χ4v) is 10.5. The van der Waals surface area contributed by atoms with Crippen molar-refractivity contribution >= 4 is 40.5 Å². The molecule has 4 heterocycles. The maximum Gasteiger partial charge on any atom is 0.324 e. The first kappa shape index (κ1) is 51.7. The van der Waals surface area contributed by atoms with Crippen molar-refractivity contribution in [2.45, 2.75) is 117 Å². The molecule has 0 unspecified atom stereocenters. The molecule has 4 amide bonds. The van der Waals surface area contributed by atoms with Gasteiger partial charge < -0.3 is 34.3 Å². The Morgan fingerprint density at radius 3 is 2.49 bits per heavy atom. The van der Waals surface area contributed by atoms with Crippen LogP contribution >= 0.6 is 0 Å². The number of nitrogens with one attached hydrogen (secondary N) is 3. The van der Waals surface area contributed by atoms with Crippen LogP contribution in [0.1, 0.15) is 82.6 Å². The number of aromatic nitrogens is 2. The lowest BCUT2D eigenvalue weighted by atomic mass is 9.84. The predicted molar refractivity (Wildman–Crippen MR) is 275 cm³/mol. The Morgan fingerprint density at radius 2 is 1.78 bits per heavy atom. The highest BCUT2D eigenvalue weighted by molar-refractivity contribution is 5.97. The van der Waals surface area contributed by atoms with Crippen LogP contribution in [0.15, 0.2) is 85.2 Å². The van der Waals surface area contributed by atoms with Gasteiger partial charge in [0.25, 0.3) is 5.91 Å². The molecule has 1 saturated heterocycles. The zero-order chi connectivity index (χ0) is 51.5. The minimum Gasteiger partial charge on any atom is -0.508 e. The van der Waals surface area contributed by atoms with Crippen LogP contribution in [0, 0.1) is 11.3 Å². The largest absolute Gasteiger partial charge is 0.508 e. The van der Waals surface area contributed by atoms with Crippen molar-refractivity contribution in [3.05, 3.63) is 107 Å². The molecule has 8 rings (SSSR count). The standard InChI is InChI=1S/C56H70N8O8/c1-9-63-47-18-17-38-28-42(47)43(50(63)44-31-57-22-19-39(44)33-71-8)29-55(4,5)34-72-53(69)45-16-13-23-64(60-45)52(68)46(26-37-24-40(38)27-41(65)25-37)59-51(67)49(35(2)3)62(7)48(66)32-61(6)54(70)56(20-21-56)58-30-36-14-11-10-12-15-36/h10-12,14-15,17-19,22,24-25,27-28,31,35,45-46,49,58,60,65H,9,13,16,20-21,23,26,29-30,32-34H2,1-8H3,(H,59,67)/t45-,46-,49-/m0/s1. The summed E-state index contributed by atoms with van der Waals surface area (Å²) in [4.78, 5) is 78.5. The van der Waals surface area contributed by atoms with E-state index in [-0.39, 0.29) is 37.8 Å². The van der Waals surface area contributed by atoms with Crippen molar-refractivity contribution in [3.63, 3.8) is 0 Å². The monoisotopic (exact) mass is 983 g/mol. The summed E-state index contributed by atoms with van der Waals surface area (Å²) in [6.07, 6.45) is 6.38. The number of phenols is 1. The second-order valence-corrected chi connectivity index (χ2v) is 21.0. The van der Waals surface area contributed by atoms with Crippen LogP contribution in [0.4, 0.5) is 0 Å². The van der Waals surface area contributed by atoms with E-state index in [0.29, 0.717) is 62.9 Å². The molecular weight excluding hydrogens is 913 g/mol. The maximum absolute atomic E-state index is 14.8. The number of methoxy groups -OCH3 is 1. The van der Waals surface area contributed by atoms with Gasteiger partial charge in [-0.25, -0.2) is 5.43 Å². The van der Waals surface area contributed by atoms with Gasteiger partial charge >= 0.3 is 5.97 Å². The van der Waals surface area contributed by atoms with Gasteiger partial charge in [-0.3, -0.25) is 39.3 Å². The van der Waals surface area contributed by atoms with E-state index < -0.39 is 58.7 Å². The Hall–Kier alpha value is -6.62. The molecule has 5 aromatic rings. The van der Waals surface area contributed by atoms with E-state index >= 15 is 0 Å². The first-order chi connectivity index (χ1) is 34.4. The van der Waals surface area contributed by atoms with Crippen LogP contribution in [-0.4, -0.2) is 124 Å². The average molecular weight is 983 g/mol. The molecule has 2 aliphatic heterocycles. The number of carbonyl (C=O) groups is 5. The van der Waals surface area contributed by atoms with E-state index in [1.165, 1.54) is 21.9 Å². The Morgan fingerprint density at radius 1 is 1.01 bits per heavy atom. The van der Waals surface area contributed by atoms with E-state index in [4.69, 9.17) is 9.47 Å². The average Bonchev–Trinajstić information content (AvgIpc) is 4.10.